The highest BCUT2D eigenvalue weighted by Crippen LogP contribution is 2.33. The van der Waals surface area contributed by atoms with Crippen LogP contribution >= 0.6 is 0 Å². The van der Waals surface area contributed by atoms with Crippen LogP contribution in [0.25, 0.3) is 32.6 Å². The molecule has 3 aromatic carbocycles. The van der Waals surface area contributed by atoms with Crippen molar-refractivity contribution in [2.75, 3.05) is 0 Å². The van der Waals surface area contributed by atoms with Crippen molar-refractivity contribution in [2.45, 2.75) is 25.7 Å². The highest BCUT2D eigenvalue weighted by molar-refractivity contribution is 6.08. The van der Waals surface area contributed by atoms with Gasteiger partial charge in [-0.1, -0.05) is 48.5 Å². The summed E-state index contributed by atoms with van der Waals surface area (Å²) in [4.78, 5) is 4.02. The Kier molecular flexibility index (Phi) is 4.37. The van der Waals surface area contributed by atoms with Crippen LogP contribution < -0.4 is 0 Å². The van der Waals surface area contributed by atoms with E-state index in [2.05, 4.69) is 68.9 Å². The van der Waals surface area contributed by atoms with Gasteiger partial charge in [0.2, 0.25) is 0 Å². The van der Waals surface area contributed by atoms with E-state index in [1.54, 1.807) is 23.5 Å². The first-order valence-electron chi connectivity index (χ1n) is 9.71. The Hall–Kier alpha value is -3.40. The van der Waals surface area contributed by atoms with E-state index in [9.17, 15) is 0 Å². The molecular formula is C24H20N4. The zero-order valence-corrected chi connectivity index (χ0v) is 15.5. The summed E-state index contributed by atoms with van der Waals surface area (Å²) >= 11 is 0. The van der Waals surface area contributed by atoms with Crippen molar-refractivity contribution in [1.82, 2.24) is 20.4 Å². The fourth-order valence-electron chi connectivity index (χ4n) is 4.09. The Bertz CT molecular complexity index is 1210. The van der Waals surface area contributed by atoms with Gasteiger partial charge in [-0.25, -0.2) is 0 Å². The monoisotopic (exact) mass is 364 g/mol. The molecule has 2 aromatic heterocycles. The van der Waals surface area contributed by atoms with Crippen LogP contribution in [0.3, 0.4) is 0 Å². The number of hydrogen-bond acceptors (Lipinski definition) is 4. The second-order valence-electron chi connectivity index (χ2n) is 7.13. The number of pyridine rings is 1. The second kappa shape index (κ2) is 7.31. The molecule has 28 heavy (non-hydrogen) atoms. The minimum atomic E-state index is 0.775. The van der Waals surface area contributed by atoms with Gasteiger partial charge in [0.25, 0.3) is 0 Å². The molecule has 1 aliphatic rings. The zero-order valence-electron chi connectivity index (χ0n) is 15.5. The number of aromatic nitrogens is 4. The molecule has 0 aliphatic heterocycles. The lowest BCUT2D eigenvalue weighted by atomic mass is 9.86. The van der Waals surface area contributed by atoms with E-state index in [-0.39, 0.29) is 0 Å². The average molecular weight is 364 g/mol. The summed E-state index contributed by atoms with van der Waals surface area (Å²) in [6, 6.07) is 21.6. The summed E-state index contributed by atoms with van der Waals surface area (Å²) in [5.41, 5.74) is 4.73. The molecular weight excluding hydrogens is 344 g/mol. The summed E-state index contributed by atoms with van der Waals surface area (Å²) in [5.74, 6) is 0. The highest BCUT2D eigenvalue weighted by atomic mass is 15.3. The minimum Gasteiger partial charge on any atom is -0.253 e. The molecule has 0 unspecified atom stereocenters. The van der Waals surface area contributed by atoms with E-state index < -0.39 is 0 Å². The number of hydrogen-bond donors (Lipinski definition) is 0. The van der Waals surface area contributed by atoms with Crippen molar-refractivity contribution in [3.05, 3.63) is 84.2 Å². The Labute approximate surface area is 163 Å². The van der Waals surface area contributed by atoms with Gasteiger partial charge in [0.15, 0.2) is 0 Å². The van der Waals surface area contributed by atoms with Gasteiger partial charge in [-0.05, 0) is 75.7 Å². The molecule has 0 saturated heterocycles. The molecule has 6 rings (SSSR count). The number of fused-ring (bicyclic) bond motifs is 6. The molecule has 1 aliphatic carbocycles. The van der Waals surface area contributed by atoms with Crippen LogP contribution in [-0.4, -0.2) is 20.4 Å². The van der Waals surface area contributed by atoms with E-state index in [1.807, 2.05) is 12.1 Å². The van der Waals surface area contributed by atoms with Crippen LogP contribution in [0.5, 0.6) is 0 Å². The van der Waals surface area contributed by atoms with Crippen molar-refractivity contribution in [1.29, 1.82) is 0 Å². The Balaban J connectivity index is 0.000000145. The van der Waals surface area contributed by atoms with Gasteiger partial charge in [0.1, 0.15) is 11.0 Å². The lowest BCUT2D eigenvalue weighted by Gasteiger charge is -2.18. The average Bonchev–Trinajstić information content (AvgIpc) is 2.79. The smallest absolute Gasteiger partial charge is 0.115 e. The Morgan fingerprint density at radius 3 is 2.54 bits per heavy atom. The maximum atomic E-state index is 4.02. The lowest BCUT2D eigenvalue weighted by Crippen LogP contribution is -2.02. The molecule has 4 nitrogen and oxygen atoms in total. The minimum absolute atomic E-state index is 0.775. The molecule has 2 heterocycles. The fourth-order valence-corrected chi connectivity index (χ4v) is 4.09. The summed E-state index contributed by atoms with van der Waals surface area (Å²) in [6.07, 6.45) is 8.50. The molecule has 0 atom stereocenters. The highest BCUT2D eigenvalue weighted by Gasteiger charge is 2.13. The summed E-state index contributed by atoms with van der Waals surface area (Å²) < 4.78 is 0. The van der Waals surface area contributed by atoms with Crippen LogP contribution in [0, 0.1) is 0 Å². The Morgan fingerprint density at radius 2 is 1.57 bits per heavy atom. The van der Waals surface area contributed by atoms with Crippen LogP contribution in [0.1, 0.15) is 24.0 Å². The SMILES string of the molecule is c1ccc2c(c1)ccc1c3c(ccc12)CCCC3.c1cnc2cnnnc2c1. The largest absolute Gasteiger partial charge is 0.253 e. The van der Waals surface area contributed by atoms with Gasteiger partial charge in [0.05, 0.1) is 6.20 Å². The molecule has 0 radical (unpaired) electrons. The van der Waals surface area contributed by atoms with Gasteiger partial charge >= 0.3 is 0 Å². The molecule has 0 fully saturated rings. The third-order valence-corrected chi connectivity index (χ3v) is 5.46. The van der Waals surface area contributed by atoms with E-state index in [1.165, 1.54) is 47.2 Å². The molecule has 136 valence electrons. The van der Waals surface area contributed by atoms with Crippen LogP contribution in [0.4, 0.5) is 0 Å². The standard InChI is InChI=1S/C18H16.C6H4N4/c1-3-7-15-13(5-1)9-11-18-16-8-4-2-6-14(16)10-12-17(15)18;1-2-5-6(7-3-1)4-8-10-9-5/h1,3,5,7,9-12H,2,4,6,8H2;1-4H. The van der Waals surface area contributed by atoms with Gasteiger partial charge < -0.3 is 0 Å². The molecule has 5 aromatic rings. The number of nitrogens with zero attached hydrogens (tertiary/aromatic N) is 4. The van der Waals surface area contributed by atoms with Crippen LogP contribution in [0.2, 0.25) is 0 Å². The molecule has 4 heteroatoms. The first-order chi connectivity index (χ1) is 13.9. The van der Waals surface area contributed by atoms with Crippen molar-refractivity contribution >= 4 is 32.6 Å². The number of aryl methyl sites for hydroxylation is 2. The summed E-state index contributed by atoms with van der Waals surface area (Å²) in [5, 5.41) is 16.5. The number of rotatable bonds is 0. The predicted octanol–water partition coefficient (Wildman–Crippen LogP) is 5.29. The predicted molar refractivity (Wildman–Crippen MR) is 113 cm³/mol. The topological polar surface area (TPSA) is 51.6 Å². The number of benzene rings is 3. The molecule has 0 amide bonds. The first-order valence-corrected chi connectivity index (χ1v) is 9.71. The van der Waals surface area contributed by atoms with Crippen molar-refractivity contribution < 1.29 is 0 Å². The fraction of sp³-hybridized carbons (Fsp3) is 0.167. The molecule has 0 saturated carbocycles. The second-order valence-corrected chi connectivity index (χ2v) is 7.13. The molecule has 0 N–H and O–H groups in total. The normalized spacial score (nSPS) is 13.1. The van der Waals surface area contributed by atoms with Crippen molar-refractivity contribution in [3.63, 3.8) is 0 Å². The lowest BCUT2D eigenvalue weighted by molar-refractivity contribution is 0.690. The van der Waals surface area contributed by atoms with E-state index >= 15 is 0 Å². The maximum absolute atomic E-state index is 4.02. The maximum Gasteiger partial charge on any atom is 0.115 e. The third kappa shape index (κ3) is 3.07. The summed E-state index contributed by atoms with van der Waals surface area (Å²) in [7, 11) is 0. The van der Waals surface area contributed by atoms with Gasteiger partial charge in [0, 0.05) is 6.20 Å². The van der Waals surface area contributed by atoms with Crippen molar-refractivity contribution in [3.8, 4) is 0 Å². The van der Waals surface area contributed by atoms with Gasteiger partial charge in [-0.2, -0.15) is 0 Å². The van der Waals surface area contributed by atoms with E-state index in [4.69, 9.17) is 0 Å². The zero-order chi connectivity index (χ0) is 18.8. The molecule has 0 spiro atoms. The van der Waals surface area contributed by atoms with Gasteiger partial charge in [-0.15, -0.1) is 10.2 Å². The van der Waals surface area contributed by atoms with Gasteiger partial charge in [-0.3, -0.25) is 4.98 Å². The third-order valence-electron chi connectivity index (χ3n) is 5.46. The van der Waals surface area contributed by atoms with Crippen LogP contribution in [0.15, 0.2) is 73.1 Å². The van der Waals surface area contributed by atoms with Crippen molar-refractivity contribution in [2.24, 2.45) is 0 Å². The van der Waals surface area contributed by atoms with E-state index in [0.717, 1.165) is 11.0 Å². The quantitative estimate of drug-likeness (QED) is 0.350. The van der Waals surface area contributed by atoms with E-state index in [0.29, 0.717) is 0 Å². The first kappa shape index (κ1) is 16.8. The summed E-state index contributed by atoms with van der Waals surface area (Å²) in [6.45, 7) is 0. The van der Waals surface area contributed by atoms with Crippen LogP contribution in [-0.2, 0) is 12.8 Å². The molecule has 0 bridgehead atoms. The Morgan fingerprint density at radius 1 is 0.679 bits per heavy atom.